The van der Waals surface area contributed by atoms with Crippen LogP contribution in [0.5, 0.6) is 0 Å². The van der Waals surface area contributed by atoms with Gasteiger partial charge < -0.3 is 16.4 Å². The van der Waals surface area contributed by atoms with Crippen LogP contribution in [0.25, 0.3) is 0 Å². The molecule has 0 amide bonds. The molecule has 1 radical (unpaired) electrons. The SMILES string of the molecule is O.O.O.[Ag].[InH3].[InH3]. The van der Waals surface area contributed by atoms with E-state index in [2.05, 4.69) is 0 Å². The van der Waals surface area contributed by atoms with Gasteiger partial charge in [-0.05, 0) is 0 Å². The molecule has 0 aliphatic carbocycles. The first-order chi connectivity index (χ1) is 0. The maximum atomic E-state index is 0. The van der Waals surface area contributed by atoms with Crippen LogP contribution >= 0.6 is 0 Å². The summed E-state index contributed by atoms with van der Waals surface area (Å²) in [6.07, 6.45) is 0. The molecule has 6 N–H and O–H groups in total. The molecule has 47 valence electrons. The van der Waals surface area contributed by atoms with Crippen molar-refractivity contribution in [2.24, 2.45) is 0 Å². The van der Waals surface area contributed by atoms with E-state index in [9.17, 15) is 0 Å². The van der Waals surface area contributed by atoms with E-state index in [0.29, 0.717) is 0 Å². The van der Waals surface area contributed by atoms with Gasteiger partial charge in [-0.1, -0.05) is 0 Å². The van der Waals surface area contributed by atoms with Crippen molar-refractivity contribution in [1.29, 1.82) is 0 Å². The van der Waals surface area contributed by atoms with E-state index in [1.165, 1.54) is 0 Å². The molecule has 0 aliphatic heterocycles. The molecule has 0 aromatic carbocycles. The van der Waals surface area contributed by atoms with Crippen molar-refractivity contribution in [3.05, 3.63) is 0 Å². The van der Waals surface area contributed by atoms with Crippen LogP contribution in [0.3, 0.4) is 0 Å². The van der Waals surface area contributed by atoms with Crippen LogP contribution in [-0.2, 0) is 22.4 Å². The quantitative estimate of drug-likeness (QED) is 0.367. The van der Waals surface area contributed by atoms with Gasteiger partial charge in [-0.15, -0.1) is 0 Å². The third kappa shape index (κ3) is 32.8. The molecule has 0 spiro atoms. The predicted molar refractivity (Wildman–Crippen MR) is 30.7 cm³/mol. The fourth-order valence-electron chi connectivity index (χ4n) is 0. The zero-order chi connectivity index (χ0) is 0. The van der Waals surface area contributed by atoms with E-state index in [1.807, 2.05) is 0 Å². The Kier molecular flexibility index (Phi) is 724. The van der Waals surface area contributed by atoms with Crippen molar-refractivity contribution in [3.63, 3.8) is 0 Å². The van der Waals surface area contributed by atoms with Crippen LogP contribution in [0.2, 0.25) is 0 Å². The summed E-state index contributed by atoms with van der Waals surface area (Å²) in [4.78, 5) is 0. The minimum atomic E-state index is 0. The summed E-state index contributed by atoms with van der Waals surface area (Å²) >= 11 is 0. The van der Waals surface area contributed by atoms with Gasteiger partial charge >= 0.3 is 51.7 Å². The Morgan fingerprint density at radius 1 is 0.500 bits per heavy atom. The summed E-state index contributed by atoms with van der Waals surface area (Å²) in [5.74, 6) is 0. The van der Waals surface area contributed by atoms with Crippen molar-refractivity contribution in [1.82, 2.24) is 0 Å². The molecule has 6 heteroatoms. The zero-order valence-corrected chi connectivity index (χ0v) is 3.28. The summed E-state index contributed by atoms with van der Waals surface area (Å²) in [6, 6.07) is 0. The van der Waals surface area contributed by atoms with Crippen LogP contribution in [-0.4, -0.2) is 68.1 Å². The summed E-state index contributed by atoms with van der Waals surface area (Å²) in [7, 11) is 0. The standard InChI is InChI=1S/Ag.2In.3H2O.6H/h;;;3*1H2;;;;;;. The Morgan fingerprint density at radius 2 is 0.500 bits per heavy atom. The summed E-state index contributed by atoms with van der Waals surface area (Å²) in [5, 5.41) is 0. The Morgan fingerprint density at radius 3 is 0.500 bits per heavy atom. The first-order valence-corrected chi connectivity index (χ1v) is 0. The minimum absolute atomic E-state index is 0. The fourth-order valence-corrected chi connectivity index (χ4v) is 0. The Labute approximate surface area is 89.3 Å². The van der Waals surface area contributed by atoms with Gasteiger partial charge in [-0.3, -0.25) is 0 Å². The average Bonchev–Trinajstić information content (AvgIpc) is 0. The summed E-state index contributed by atoms with van der Waals surface area (Å²) in [5.41, 5.74) is 0. The van der Waals surface area contributed by atoms with Crippen molar-refractivity contribution >= 4 is 51.7 Å². The molecule has 0 saturated heterocycles. The fraction of sp³-hybridized carbons (Fsp3) is 0. The van der Waals surface area contributed by atoms with Crippen molar-refractivity contribution in [2.75, 3.05) is 0 Å². The van der Waals surface area contributed by atoms with Gasteiger partial charge in [0, 0.05) is 22.4 Å². The molecule has 0 fully saturated rings. The number of rotatable bonds is 0. The average molecular weight is 398 g/mol. The van der Waals surface area contributed by atoms with E-state index in [1.54, 1.807) is 0 Å². The predicted octanol–water partition coefficient (Wildman–Crippen LogP) is -4.84. The van der Waals surface area contributed by atoms with Crippen molar-refractivity contribution < 1.29 is 38.8 Å². The van der Waals surface area contributed by atoms with Crippen molar-refractivity contribution in [3.8, 4) is 0 Å². The van der Waals surface area contributed by atoms with Crippen LogP contribution in [0, 0.1) is 0 Å². The Hall–Kier alpha value is 2.36. The Bertz CT molecular complexity index is 8.75. The van der Waals surface area contributed by atoms with Gasteiger partial charge in [-0.25, -0.2) is 0 Å². The van der Waals surface area contributed by atoms with Gasteiger partial charge in [0.15, 0.2) is 0 Å². The molecular weight excluding hydrogens is 386 g/mol. The van der Waals surface area contributed by atoms with Crippen LogP contribution < -0.4 is 0 Å². The number of hydrogen-bond donors (Lipinski definition) is 0. The molecule has 0 aromatic rings. The number of hydrogen-bond acceptors (Lipinski definition) is 0. The van der Waals surface area contributed by atoms with E-state index < -0.39 is 0 Å². The maximum absolute atomic E-state index is 0. The molecular formula is H12AgIn2O3. The van der Waals surface area contributed by atoms with E-state index in [0.717, 1.165) is 0 Å². The Balaban J connectivity index is 0. The molecule has 0 atom stereocenters. The van der Waals surface area contributed by atoms with Gasteiger partial charge in [0.2, 0.25) is 0 Å². The van der Waals surface area contributed by atoms with Crippen LogP contribution in [0.1, 0.15) is 0 Å². The molecule has 0 aromatic heterocycles. The first-order valence-electron chi connectivity index (χ1n) is 0. The molecule has 0 unspecified atom stereocenters. The zero-order valence-electron chi connectivity index (χ0n) is 1.80. The second kappa shape index (κ2) is 53.4. The van der Waals surface area contributed by atoms with Gasteiger partial charge in [0.25, 0.3) is 0 Å². The monoisotopic (exact) mass is 397 g/mol. The van der Waals surface area contributed by atoms with Gasteiger partial charge in [-0.2, -0.15) is 0 Å². The summed E-state index contributed by atoms with van der Waals surface area (Å²) in [6.45, 7) is 0. The second-order valence-electron chi connectivity index (χ2n) is 0. The van der Waals surface area contributed by atoms with Gasteiger partial charge in [0.05, 0.1) is 0 Å². The topological polar surface area (TPSA) is 94.5 Å². The van der Waals surface area contributed by atoms with E-state index in [4.69, 9.17) is 0 Å². The summed E-state index contributed by atoms with van der Waals surface area (Å²) < 4.78 is 0. The van der Waals surface area contributed by atoms with E-state index >= 15 is 0 Å². The third-order valence-corrected chi connectivity index (χ3v) is 0. The molecule has 6 heavy (non-hydrogen) atoms. The molecule has 0 rings (SSSR count). The van der Waals surface area contributed by atoms with Crippen molar-refractivity contribution in [2.45, 2.75) is 0 Å². The normalized spacial score (nSPS) is 0. The second-order valence-corrected chi connectivity index (χ2v) is 0. The molecule has 3 nitrogen and oxygen atoms in total. The van der Waals surface area contributed by atoms with Gasteiger partial charge in [0.1, 0.15) is 0 Å². The van der Waals surface area contributed by atoms with Crippen LogP contribution in [0.15, 0.2) is 0 Å². The molecule has 0 bridgehead atoms. The molecule has 0 heterocycles. The van der Waals surface area contributed by atoms with E-state index in [-0.39, 0.29) is 90.5 Å². The molecule has 0 saturated carbocycles. The molecule has 0 aliphatic rings. The first kappa shape index (κ1) is 81.3. The van der Waals surface area contributed by atoms with Crippen LogP contribution in [0.4, 0.5) is 0 Å². The third-order valence-electron chi connectivity index (χ3n) is 0.